The topological polar surface area (TPSA) is 69.0 Å². The zero-order chi connectivity index (χ0) is 20.3. The van der Waals surface area contributed by atoms with Gasteiger partial charge < -0.3 is 14.6 Å². The number of aromatic nitrogens is 3. The van der Waals surface area contributed by atoms with Gasteiger partial charge in [0.15, 0.2) is 5.16 Å². The first-order valence-corrected chi connectivity index (χ1v) is 10.5. The summed E-state index contributed by atoms with van der Waals surface area (Å²) in [6, 6.07) is 15.3. The average molecular weight is 429 g/mol. The smallest absolute Gasteiger partial charge is 0.235 e. The molecule has 1 aromatic heterocycles. The number of benzene rings is 2. The second-order valence-electron chi connectivity index (χ2n) is 7.01. The standard InChI is InChI=1S/C21H21ClN4O2S/c1-26-14-23-25-20(26)29-18-8-6-17(7-9-18)24-19(27)21(10-12-28-13-11-21)15-2-4-16(22)5-3-15/h2-9,14H,10-13H2,1H3,(H,24,27). The third-order valence-corrected chi connectivity index (χ3v) is 6.48. The van der Waals surface area contributed by atoms with Crippen LogP contribution in [0.3, 0.4) is 0 Å². The van der Waals surface area contributed by atoms with E-state index in [0.29, 0.717) is 31.1 Å². The van der Waals surface area contributed by atoms with Crippen molar-refractivity contribution >= 4 is 35.0 Å². The van der Waals surface area contributed by atoms with E-state index in [2.05, 4.69) is 15.5 Å². The molecule has 29 heavy (non-hydrogen) atoms. The normalized spacial score (nSPS) is 15.8. The first-order chi connectivity index (χ1) is 14.1. The van der Waals surface area contributed by atoms with Crippen LogP contribution in [0.4, 0.5) is 5.69 Å². The third-order valence-electron chi connectivity index (χ3n) is 5.17. The van der Waals surface area contributed by atoms with E-state index in [1.54, 1.807) is 6.33 Å². The number of hydrogen-bond acceptors (Lipinski definition) is 5. The van der Waals surface area contributed by atoms with Crippen molar-refractivity contribution in [1.29, 1.82) is 0 Å². The van der Waals surface area contributed by atoms with Crippen LogP contribution in [-0.2, 0) is 22.0 Å². The molecule has 1 saturated heterocycles. The summed E-state index contributed by atoms with van der Waals surface area (Å²) in [4.78, 5) is 14.4. The van der Waals surface area contributed by atoms with Crippen LogP contribution in [0.15, 0.2) is 64.9 Å². The Kier molecular flexibility index (Phi) is 5.89. The highest BCUT2D eigenvalue weighted by atomic mass is 35.5. The summed E-state index contributed by atoms with van der Waals surface area (Å²) in [5, 5.41) is 12.5. The van der Waals surface area contributed by atoms with E-state index < -0.39 is 5.41 Å². The number of carbonyl (C=O) groups is 1. The van der Waals surface area contributed by atoms with Crippen LogP contribution in [0.2, 0.25) is 5.02 Å². The zero-order valence-electron chi connectivity index (χ0n) is 16.0. The van der Waals surface area contributed by atoms with Crippen molar-refractivity contribution in [3.63, 3.8) is 0 Å². The number of nitrogens with one attached hydrogen (secondary N) is 1. The summed E-state index contributed by atoms with van der Waals surface area (Å²) in [7, 11) is 1.90. The van der Waals surface area contributed by atoms with E-state index in [9.17, 15) is 4.79 Å². The summed E-state index contributed by atoms with van der Waals surface area (Å²) < 4.78 is 7.39. The molecule has 6 nitrogen and oxygen atoms in total. The summed E-state index contributed by atoms with van der Waals surface area (Å²) in [5.74, 6) is -0.0168. The van der Waals surface area contributed by atoms with Crippen LogP contribution in [0.25, 0.3) is 0 Å². The van der Waals surface area contributed by atoms with Gasteiger partial charge in [0, 0.05) is 35.9 Å². The lowest BCUT2D eigenvalue weighted by atomic mass is 9.73. The lowest BCUT2D eigenvalue weighted by molar-refractivity contribution is -0.125. The summed E-state index contributed by atoms with van der Waals surface area (Å²) in [5.41, 5.74) is 1.11. The van der Waals surface area contributed by atoms with Gasteiger partial charge in [-0.05, 0) is 66.6 Å². The monoisotopic (exact) mass is 428 g/mol. The summed E-state index contributed by atoms with van der Waals surface area (Å²) >= 11 is 7.57. The first-order valence-electron chi connectivity index (χ1n) is 9.34. The molecule has 0 bridgehead atoms. The highest BCUT2D eigenvalue weighted by Crippen LogP contribution is 2.37. The van der Waals surface area contributed by atoms with E-state index >= 15 is 0 Å². The molecular formula is C21H21ClN4O2S. The van der Waals surface area contributed by atoms with Crippen molar-refractivity contribution in [2.75, 3.05) is 18.5 Å². The van der Waals surface area contributed by atoms with Gasteiger partial charge in [-0.3, -0.25) is 4.79 Å². The fraction of sp³-hybridized carbons (Fsp3) is 0.286. The van der Waals surface area contributed by atoms with Crippen molar-refractivity contribution in [3.8, 4) is 0 Å². The Morgan fingerprint density at radius 3 is 2.45 bits per heavy atom. The van der Waals surface area contributed by atoms with Gasteiger partial charge >= 0.3 is 0 Å². The molecule has 1 fully saturated rings. The van der Waals surface area contributed by atoms with Crippen LogP contribution in [0, 0.1) is 0 Å². The van der Waals surface area contributed by atoms with E-state index in [0.717, 1.165) is 21.3 Å². The number of amides is 1. The lowest BCUT2D eigenvalue weighted by Gasteiger charge is -2.36. The Morgan fingerprint density at radius 1 is 1.14 bits per heavy atom. The molecule has 1 aliphatic rings. The van der Waals surface area contributed by atoms with Gasteiger partial charge in [0.2, 0.25) is 5.91 Å². The molecular weight excluding hydrogens is 408 g/mol. The Balaban J connectivity index is 1.51. The number of aryl methyl sites for hydroxylation is 1. The Hall–Kier alpha value is -2.35. The predicted molar refractivity (Wildman–Crippen MR) is 113 cm³/mol. The molecule has 0 saturated carbocycles. The molecule has 8 heteroatoms. The summed E-state index contributed by atoms with van der Waals surface area (Å²) in [6.07, 6.45) is 2.95. The van der Waals surface area contributed by atoms with E-state index in [4.69, 9.17) is 16.3 Å². The molecule has 0 spiro atoms. The highest BCUT2D eigenvalue weighted by Gasteiger charge is 2.41. The van der Waals surface area contributed by atoms with Gasteiger partial charge in [0.1, 0.15) is 6.33 Å². The second-order valence-corrected chi connectivity index (χ2v) is 8.48. The number of carbonyl (C=O) groups excluding carboxylic acids is 1. The number of rotatable bonds is 5. The minimum atomic E-state index is -0.616. The number of nitrogens with zero attached hydrogens (tertiary/aromatic N) is 3. The maximum Gasteiger partial charge on any atom is 0.235 e. The van der Waals surface area contributed by atoms with Crippen LogP contribution in [0.5, 0.6) is 0 Å². The fourth-order valence-electron chi connectivity index (χ4n) is 3.46. The van der Waals surface area contributed by atoms with Crippen molar-refractivity contribution < 1.29 is 9.53 Å². The number of halogens is 1. The molecule has 1 aliphatic heterocycles. The SMILES string of the molecule is Cn1cnnc1Sc1ccc(NC(=O)C2(c3ccc(Cl)cc3)CCOCC2)cc1. The lowest BCUT2D eigenvalue weighted by Crippen LogP contribution is -2.44. The molecule has 0 unspecified atom stereocenters. The van der Waals surface area contributed by atoms with Crippen LogP contribution >= 0.6 is 23.4 Å². The fourth-order valence-corrected chi connectivity index (χ4v) is 4.35. The van der Waals surface area contributed by atoms with E-state index in [1.807, 2.05) is 60.1 Å². The molecule has 1 amide bonds. The highest BCUT2D eigenvalue weighted by molar-refractivity contribution is 7.99. The zero-order valence-corrected chi connectivity index (χ0v) is 17.5. The molecule has 150 valence electrons. The largest absolute Gasteiger partial charge is 0.381 e. The predicted octanol–water partition coefficient (Wildman–Crippen LogP) is 4.31. The number of hydrogen-bond donors (Lipinski definition) is 1. The summed E-state index contributed by atoms with van der Waals surface area (Å²) in [6.45, 7) is 1.12. The molecule has 0 atom stereocenters. The molecule has 0 aliphatic carbocycles. The van der Waals surface area contributed by atoms with Gasteiger partial charge in [-0.1, -0.05) is 23.7 Å². The van der Waals surface area contributed by atoms with Crippen molar-refractivity contribution in [1.82, 2.24) is 14.8 Å². The Bertz CT molecular complexity index is 983. The van der Waals surface area contributed by atoms with E-state index in [1.165, 1.54) is 11.8 Å². The molecule has 2 aromatic carbocycles. The minimum absolute atomic E-state index is 0.0168. The molecule has 1 N–H and O–H groups in total. The molecule has 2 heterocycles. The molecule has 4 rings (SSSR count). The molecule has 0 radical (unpaired) electrons. The van der Waals surface area contributed by atoms with Gasteiger partial charge in [-0.2, -0.15) is 0 Å². The average Bonchev–Trinajstić information content (AvgIpc) is 3.15. The van der Waals surface area contributed by atoms with Crippen molar-refractivity contribution in [2.24, 2.45) is 7.05 Å². The number of anilines is 1. The van der Waals surface area contributed by atoms with Gasteiger partial charge in [-0.15, -0.1) is 10.2 Å². The molecule has 3 aromatic rings. The second kappa shape index (κ2) is 8.57. The maximum atomic E-state index is 13.3. The Morgan fingerprint density at radius 2 is 1.83 bits per heavy atom. The quantitative estimate of drug-likeness (QED) is 0.655. The minimum Gasteiger partial charge on any atom is -0.381 e. The van der Waals surface area contributed by atoms with Crippen molar-refractivity contribution in [3.05, 3.63) is 65.4 Å². The number of ether oxygens (including phenoxy) is 1. The maximum absolute atomic E-state index is 13.3. The van der Waals surface area contributed by atoms with Crippen molar-refractivity contribution in [2.45, 2.75) is 28.3 Å². The van der Waals surface area contributed by atoms with Crippen LogP contribution < -0.4 is 5.32 Å². The van der Waals surface area contributed by atoms with Crippen LogP contribution in [0.1, 0.15) is 18.4 Å². The van der Waals surface area contributed by atoms with Gasteiger partial charge in [-0.25, -0.2) is 0 Å². The van der Waals surface area contributed by atoms with E-state index in [-0.39, 0.29) is 5.91 Å². The van der Waals surface area contributed by atoms with Crippen LogP contribution in [-0.4, -0.2) is 33.9 Å². The first kappa shape index (κ1) is 19.9. The third kappa shape index (κ3) is 4.32. The Labute approximate surface area is 178 Å². The van der Waals surface area contributed by atoms with Gasteiger partial charge in [0.25, 0.3) is 0 Å². The van der Waals surface area contributed by atoms with Gasteiger partial charge in [0.05, 0.1) is 5.41 Å².